The molecule has 1 aromatic carbocycles. The summed E-state index contributed by atoms with van der Waals surface area (Å²) in [6.07, 6.45) is 4.87. The first-order valence-electron chi connectivity index (χ1n) is 7.16. The van der Waals surface area contributed by atoms with Crippen molar-refractivity contribution in [3.8, 4) is 0 Å². The van der Waals surface area contributed by atoms with Crippen LogP contribution in [-0.4, -0.2) is 12.0 Å². The molecule has 0 bridgehead atoms. The Morgan fingerprint density at radius 3 is 2.15 bits per heavy atom. The molecule has 0 radical (unpaired) electrons. The van der Waals surface area contributed by atoms with Gasteiger partial charge >= 0.3 is 0 Å². The van der Waals surface area contributed by atoms with Gasteiger partial charge in [0.25, 0.3) is 0 Å². The predicted molar refractivity (Wildman–Crippen MR) is 85.1 cm³/mol. The Morgan fingerprint density at radius 2 is 1.60 bits per heavy atom. The van der Waals surface area contributed by atoms with Crippen LogP contribution in [0.2, 0.25) is 0 Å². The molecule has 1 unspecified atom stereocenters. The molecule has 2 nitrogen and oxygen atoms in total. The van der Waals surface area contributed by atoms with E-state index in [0.29, 0.717) is 6.04 Å². The fourth-order valence-electron chi connectivity index (χ4n) is 2.89. The number of nitrogens with zero attached hydrogens (tertiary/aromatic N) is 1. The third-order valence-corrected chi connectivity index (χ3v) is 3.90. The molecule has 0 aliphatic heterocycles. The van der Waals surface area contributed by atoms with Crippen molar-refractivity contribution in [3.63, 3.8) is 0 Å². The number of aryl methyl sites for hydroxylation is 4. The van der Waals surface area contributed by atoms with E-state index >= 15 is 0 Å². The molecule has 0 aliphatic rings. The van der Waals surface area contributed by atoms with Crippen LogP contribution >= 0.6 is 0 Å². The number of benzene rings is 1. The Balaban J connectivity index is 2.32. The fraction of sp³-hybridized carbons (Fsp3) is 0.389. The molecule has 0 fully saturated rings. The van der Waals surface area contributed by atoms with E-state index in [1.807, 2.05) is 19.4 Å². The number of aromatic nitrogens is 1. The largest absolute Gasteiger partial charge is 0.313 e. The van der Waals surface area contributed by atoms with Gasteiger partial charge in [0, 0.05) is 18.4 Å². The van der Waals surface area contributed by atoms with Gasteiger partial charge in [-0.15, -0.1) is 0 Å². The topological polar surface area (TPSA) is 24.9 Å². The zero-order valence-electron chi connectivity index (χ0n) is 13.1. The van der Waals surface area contributed by atoms with E-state index in [1.54, 1.807) is 0 Å². The fourth-order valence-corrected chi connectivity index (χ4v) is 2.89. The van der Waals surface area contributed by atoms with Crippen LogP contribution in [0, 0.1) is 27.7 Å². The first-order chi connectivity index (χ1) is 9.51. The first-order valence-corrected chi connectivity index (χ1v) is 7.16. The average molecular weight is 268 g/mol. The summed E-state index contributed by atoms with van der Waals surface area (Å²) >= 11 is 0. The van der Waals surface area contributed by atoms with Crippen LogP contribution in [-0.2, 0) is 6.42 Å². The van der Waals surface area contributed by atoms with E-state index < -0.39 is 0 Å². The van der Waals surface area contributed by atoms with Crippen molar-refractivity contribution in [2.75, 3.05) is 7.05 Å². The molecular weight excluding hydrogens is 244 g/mol. The van der Waals surface area contributed by atoms with Crippen molar-refractivity contribution in [1.29, 1.82) is 0 Å². The molecule has 2 aromatic rings. The van der Waals surface area contributed by atoms with E-state index in [1.165, 1.54) is 33.4 Å². The molecular formula is C18H24N2. The molecule has 2 rings (SSSR count). The SMILES string of the molecule is CNC(Cc1c(C)cc(C)cc1C)c1cncc(C)c1. The molecule has 106 valence electrons. The highest BCUT2D eigenvalue weighted by Gasteiger charge is 2.14. The second-order valence-corrected chi connectivity index (χ2v) is 5.72. The lowest BCUT2D eigenvalue weighted by molar-refractivity contribution is 0.586. The number of rotatable bonds is 4. The van der Waals surface area contributed by atoms with Gasteiger partial charge in [-0.1, -0.05) is 23.8 Å². The maximum Gasteiger partial charge on any atom is 0.0374 e. The summed E-state index contributed by atoms with van der Waals surface area (Å²) in [7, 11) is 2.02. The average Bonchev–Trinajstić information content (AvgIpc) is 2.38. The number of pyridine rings is 1. The van der Waals surface area contributed by atoms with Crippen molar-refractivity contribution in [2.45, 2.75) is 40.2 Å². The maximum absolute atomic E-state index is 4.31. The van der Waals surface area contributed by atoms with E-state index in [2.05, 4.69) is 56.2 Å². The van der Waals surface area contributed by atoms with Gasteiger partial charge in [0.1, 0.15) is 0 Å². The molecule has 1 aromatic heterocycles. The second kappa shape index (κ2) is 6.19. The van der Waals surface area contributed by atoms with E-state index in [4.69, 9.17) is 0 Å². The van der Waals surface area contributed by atoms with Gasteiger partial charge in [-0.3, -0.25) is 4.98 Å². The van der Waals surface area contributed by atoms with Gasteiger partial charge in [-0.05, 0) is 69.0 Å². The van der Waals surface area contributed by atoms with Crippen molar-refractivity contribution in [2.24, 2.45) is 0 Å². The molecule has 0 amide bonds. The minimum absolute atomic E-state index is 0.308. The summed E-state index contributed by atoms with van der Waals surface area (Å²) < 4.78 is 0. The second-order valence-electron chi connectivity index (χ2n) is 5.72. The monoisotopic (exact) mass is 268 g/mol. The van der Waals surface area contributed by atoms with Crippen LogP contribution in [0.15, 0.2) is 30.6 Å². The lowest BCUT2D eigenvalue weighted by Gasteiger charge is -2.20. The summed E-state index contributed by atoms with van der Waals surface area (Å²) in [5, 5.41) is 3.42. The number of nitrogens with one attached hydrogen (secondary N) is 1. The zero-order chi connectivity index (χ0) is 14.7. The highest BCUT2D eigenvalue weighted by Crippen LogP contribution is 2.24. The first kappa shape index (κ1) is 14.7. The Kier molecular flexibility index (Phi) is 4.56. The van der Waals surface area contributed by atoms with Crippen molar-refractivity contribution >= 4 is 0 Å². The molecule has 2 heteroatoms. The summed E-state index contributed by atoms with van der Waals surface area (Å²) in [5.41, 5.74) is 8.00. The highest BCUT2D eigenvalue weighted by molar-refractivity contribution is 5.39. The van der Waals surface area contributed by atoms with Crippen molar-refractivity contribution in [3.05, 3.63) is 64.0 Å². The third kappa shape index (κ3) is 3.26. The molecule has 1 atom stereocenters. The standard InChI is InChI=1S/C18H24N2/c1-12-6-14(3)17(15(4)7-12)9-18(19-5)16-8-13(2)10-20-11-16/h6-8,10-11,18-19H,9H2,1-5H3. The van der Waals surface area contributed by atoms with Gasteiger partial charge in [-0.25, -0.2) is 0 Å². The number of likely N-dealkylation sites (N-methyl/N-ethyl adjacent to an activating group) is 1. The van der Waals surface area contributed by atoms with Crippen molar-refractivity contribution < 1.29 is 0 Å². The Bertz CT molecular complexity index is 579. The summed E-state index contributed by atoms with van der Waals surface area (Å²) in [6, 6.07) is 7.06. The van der Waals surface area contributed by atoms with E-state index in [0.717, 1.165) is 6.42 Å². The minimum Gasteiger partial charge on any atom is -0.313 e. The molecule has 1 heterocycles. The molecule has 1 N–H and O–H groups in total. The van der Waals surface area contributed by atoms with Gasteiger partial charge in [0.2, 0.25) is 0 Å². The van der Waals surface area contributed by atoms with Crippen LogP contribution in [0.4, 0.5) is 0 Å². The Labute approximate surface area is 122 Å². The zero-order valence-corrected chi connectivity index (χ0v) is 13.1. The molecule has 0 aliphatic carbocycles. The summed E-state index contributed by atoms with van der Waals surface area (Å²) in [4.78, 5) is 4.31. The minimum atomic E-state index is 0.308. The van der Waals surface area contributed by atoms with Crippen LogP contribution in [0.5, 0.6) is 0 Å². The molecule has 0 spiro atoms. The van der Waals surface area contributed by atoms with Gasteiger partial charge in [-0.2, -0.15) is 0 Å². The highest BCUT2D eigenvalue weighted by atomic mass is 14.9. The lowest BCUT2D eigenvalue weighted by atomic mass is 9.92. The van der Waals surface area contributed by atoms with Crippen LogP contribution in [0.25, 0.3) is 0 Å². The summed E-state index contributed by atoms with van der Waals surface area (Å²) in [6.45, 7) is 8.66. The Hall–Kier alpha value is -1.67. The van der Waals surface area contributed by atoms with Gasteiger partial charge < -0.3 is 5.32 Å². The van der Waals surface area contributed by atoms with Crippen LogP contribution < -0.4 is 5.32 Å². The van der Waals surface area contributed by atoms with E-state index in [-0.39, 0.29) is 0 Å². The molecule has 0 saturated heterocycles. The maximum atomic E-state index is 4.31. The predicted octanol–water partition coefficient (Wildman–Crippen LogP) is 3.82. The quantitative estimate of drug-likeness (QED) is 0.912. The summed E-state index contributed by atoms with van der Waals surface area (Å²) in [5.74, 6) is 0. The molecule has 0 saturated carbocycles. The van der Waals surface area contributed by atoms with Crippen LogP contribution in [0.3, 0.4) is 0 Å². The van der Waals surface area contributed by atoms with Gasteiger partial charge in [0.05, 0.1) is 0 Å². The number of hydrogen-bond donors (Lipinski definition) is 1. The van der Waals surface area contributed by atoms with Gasteiger partial charge in [0.15, 0.2) is 0 Å². The van der Waals surface area contributed by atoms with Crippen molar-refractivity contribution in [1.82, 2.24) is 10.3 Å². The lowest BCUT2D eigenvalue weighted by Crippen LogP contribution is -2.20. The third-order valence-electron chi connectivity index (χ3n) is 3.90. The smallest absolute Gasteiger partial charge is 0.0374 e. The Morgan fingerprint density at radius 1 is 0.950 bits per heavy atom. The molecule has 20 heavy (non-hydrogen) atoms. The number of hydrogen-bond acceptors (Lipinski definition) is 2. The normalized spacial score (nSPS) is 12.4. The van der Waals surface area contributed by atoms with Crippen LogP contribution in [0.1, 0.15) is 39.4 Å². The van der Waals surface area contributed by atoms with E-state index in [9.17, 15) is 0 Å².